The average molecular weight is 490 g/mol. The average Bonchev–Trinajstić information content (AvgIpc) is 3.55. The van der Waals surface area contributed by atoms with Gasteiger partial charge in [-0.15, -0.1) is 0 Å². The van der Waals surface area contributed by atoms with E-state index in [1.165, 1.54) is 22.0 Å². The molecule has 9 heteroatoms. The minimum Gasteiger partial charge on any atom is -0.497 e. The van der Waals surface area contributed by atoms with Crippen molar-refractivity contribution in [2.24, 2.45) is 7.05 Å². The number of fused-ring (bicyclic) bond motifs is 1. The van der Waals surface area contributed by atoms with Gasteiger partial charge in [-0.3, -0.25) is 18.5 Å². The molecule has 1 fully saturated rings. The highest BCUT2D eigenvalue weighted by Gasteiger charge is 2.23. The molecule has 1 saturated carbocycles. The molecule has 0 aliphatic heterocycles. The van der Waals surface area contributed by atoms with Crippen molar-refractivity contribution < 1.29 is 9.47 Å². The molecule has 2 heterocycles. The summed E-state index contributed by atoms with van der Waals surface area (Å²) in [4.78, 5) is 31.8. The Balaban J connectivity index is 1.63. The van der Waals surface area contributed by atoms with E-state index in [0.717, 1.165) is 35.5 Å². The van der Waals surface area contributed by atoms with Gasteiger partial charge in [-0.05, 0) is 48.2 Å². The van der Waals surface area contributed by atoms with Crippen LogP contribution in [0.2, 0.25) is 0 Å². The molecule has 2 aromatic carbocycles. The lowest BCUT2D eigenvalue weighted by molar-refractivity contribution is 0.414. The van der Waals surface area contributed by atoms with Gasteiger partial charge in [-0.2, -0.15) is 4.98 Å². The maximum absolute atomic E-state index is 13.8. The van der Waals surface area contributed by atoms with Crippen molar-refractivity contribution in [1.82, 2.24) is 18.7 Å². The lowest BCUT2D eigenvalue weighted by Gasteiger charge is -2.15. The van der Waals surface area contributed by atoms with E-state index >= 15 is 0 Å². The first-order chi connectivity index (χ1) is 17.5. The number of nitrogens with zero attached hydrogens (tertiary/aromatic N) is 4. The molecule has 0 radical (unpaired) electrons. The number of rotatable bonds is 8. The van der Waals surface area contributed by atoms with Crippen LogP contribution in [0.1, 0.15) is 36.8 Å². The molecule has 0 unspecified atom stereocenters. The summed E-state index contributed by atoms with van der Waals surface area (Å²) in [6, 6.07) is 15.4. The zero-order valence-electron chi connectivity index (χ0n) is 20.9. The number of aromatic nitrogens is 4. The Hall–Kier alpha value is -4.01. The largest absolute Gasteiger partial charge is 0.497 e. The van der Waals surface area contributed by atoms with E-state index in [9.17, 15) is 9.59 Å². The van der Waals surface area contributed by atoms with Crippen molar-refractivity contribution >= 4 is 17.1 Å². The lowest BCUT2D eigenvalue weighted by atomic mass is 10.2. The van der Waals surface area contributed by atoms with Crippen LogP contribution in [0.25, 0.3) is 11.2 Å². The van der Waals surface area contributed by atoms with Crippen LogP contribution in [0.15, 0.2) is 58.1 Å². The van der Waals surface area contributed by atoms with Crippen molar-refractivity contribution in [3.63, 3.8) is 0 Å². The summed E-state index contributed by atoms with van der Waals surface area (Å²) < 4.78 is 15.2. The van der Waals surface area contributed by atoms with E-state index in [1.807, 2.05) is 53.1 Å². The van der Waals surface area contributed by atoms with Crippen LogP contribution in [-0.4, -0.2) is 38.9 Å². The first-order valence-electron chi connectivity index (χ1n) is 12.2. The first-order valence-corrected chi connectivity index (χ1v) is 12.2. The number of imidazole rings is 1. The van der Waals surface area contributed by atoms with Crippen molar-refractivity contribution in [2.45, 2.75) is 44.8 Å². The molecule has 0 saturated heterocycles. The molecular formula is C27H31N5O4. The molecule has 4 aromatic rings. The van der Waals surface area contributed by atoms with Crippen LogP contribution in [0.5, 0.6) is 11.5 Å². The summed E-state index contributed by atoms with van der Waals surface area (Å²) in [5.41, 5.74) is 1.86. The number of aryl methyl sites for hydroxylation is 1. The number of hydrogen-bond acceptors (Lipinski definition) is 6. The molecule has 9 nitrogen and oxygen atoms in total. The molecule has 0 amide bonds. The standard InChI is InChI=1S/C27H31N5O4/c1-30-24-23(25(33)32(27(30)34)17-19-10-14-22(36-3)15-11-19)31(16-18-8-12-21(35-2)13-9-18)26(29-24)28-20-6-4-5-7-20/h8-15,20H,4-7,16-17H2,1-3H3,(H,28,29). The van der Waals surface area contributed by atoms with Crippen LogP contribution in [0.4, 0.5) is 5.95 Å². The molecular weight excluding hydrogens is 458 g/mol. The topological polar surface area (TPSA) is 92.3 Å². The van der Waals surface area contributed by atoms with E-state index in [4.69, 9.17) is 14.5 Å². The number of benzene rings is 2. The zero-order valence-corrected chi connectivity index (χ0v) is 20.9. The molecule has 1 aliphatic rings. The van der Waals surface area contributed by atoms with Crippen LogP contribution in [-0.2, 0) is 20.1 Å². The molecule has 0 spiro atoms. The first kappa shape index (κ1) is 23.7. The normalized spacial score (nSPS) is 13.9. The van der Waals surface area contributed by atoms with Crippen LogP contribution in [0, 0.1) is 0 Å². The highest BCUT2D eigenvalue weighted by Crippen LogP contribution is 2.25. The van der Waals surface area contributed by atoms with Crippen molar-refractivity contribution in [3.05, 3.63) is 80.5 Å². The fourth-order valence-corrected chi connectivity index (χ4v) is 4.85. The van der Waals surface area contributed by atoms with Gasteiger partial charge in [0.05, 0.1) is 27.3 Å². The lowest BCUT2D eigenvalue weighted by Crippen LogP contribution is -2.40. The van der Waals surface area contributed by atoms with Crippen molar-refractivity contribution in [3.8, 4) is 11.5 Å². The summed E-state index contributed by atoms with van der Waals surface area (Å²) >= 11 is 0. The number of ether oxygens (including phenoxy) is 2. The third-order valence-corrected chi connectivity index (χ3v) is 6.92. The Morgan fingerprint density at radius 3 is 1.92 bits per heavy atom. The highest BCUT2D eigenvalue weighted by molar-refractivity contribution is 5.74. The number of methoxy groups -OCH3 is 2. The summed E-state index contributed by atoms with van der Waals surface area (Å²) in [5.74, 6) is 2.10. The molecule has 0 atom stereocenters. The van der Waals surface area contributed by atoms with E-state index < -0.39 is 5.69 Å². The number of anilines is 1. The van der Waals surface area contributed by atoms with Crippen LogP contribution < -0.4 is 26.0 Å². The monoisotopic (exact) mass is 489 g/mol. The van der Waals surface area contributed by atoms with E-state index in [2.05, 4.69) is 5.32 Å². The van der Waals surface area contributed by atoms with Crippen molar-refractivity contribution in [1.29, 1.82) is 0 Å². The van der Waals surface area contributed by atoms with Crippen LogP contribution in [0.3, 0.4) is 0 Å². The minimum atomic E-state index is -0.398. The Morgan fingerprint density at radius 2 is 1.39 bits per heavy atom. The predicted octanol–water partition coefficient (Wildman–Crippen LogP) is 3.37. The van der Waals surface area contributed by atoms with Gasteiger partial charge in [0, 0.05) is 13.1 Å². The van der Waals surface area contributed by atoms with E-state index in [0.29, 0.717) is 29.7 Å². The van der Waals surface area contributed by atoms with Gasteiger partial charge >= 0.3 is 5.69 Å². The second kappa shape index (κ2) is 9.93. The fourth-order valence-electron chi connectivity index (χ4n) is 4.85. The van der Waals surface area contributed by atoms with Gasteiger partial charge in [-0.25, -0.2) is 4.79 Å². The molecule has 36 heavy (non-hydrogen) atoms. The SMILES string of the molecule is COc1ccc(Cn2c(=O)c3c(nc(NC4CCCC4)n3Cc3ccc(OC)cc3)n(C)c2=O)cc1. The third kappa shape index (κ3) is 4.48. The maximum Gasteiger partial charge on any atom is 0.332 e. The van der Waals surface area contributed by atoms with Gasteiger partial charge in [0.2, 0.25) is 5.95 Å². The van der Waals surface area contributed by atoms with Gasteiger partial charge in [0.15, 0.2) is 11.2 Å². The van der Waals surface area contributed by atoms with E-state index in [-0.39, 0.29) is 12.1 Å². The van der Waals surface area contributed by atoms with Gasteiger partial charge in [0.25, 0.3) is 5.56 Å². The summed E-state index contributed by atoms with van der Waals surface area (Å²) in [6.07, 6.45) is 4.46. The van der Waals surface area contributed by atoms with Gasteiger partial charge in [0.1, 0.15) is 11.5 Å². The molecule has 5 rings (SSSR count). The maximum atomic E-state index is 13.8. The van der Waals surface area contributed by atoms with Crippen molar-refractivity contribution in [2.75, 3.05) is 19.5 Å². The molecule has 188 valence electrons. The molecule has 2 aromatic heterocycles. The predicted molar refractivity (Wildman–Crippen MR) is 139 cm³/mol. The minimum absolute atomic E-state index is 0.157. The summed E-state index contributed by atoms with van der Waals surface area (Å²) in [5, 5.41) is 3.55. The summed E-state index contributed by atoms with van der Waals surface area (Å²) in [7, 11) is 4.90. The van der Waals surface area contributed by atoms with Gasteiger partial charge in [-0.1, -0.05) is 37.1 Å². The van der Waals surface area contributed by atoms with Crippen LogP contribution >= 0.6 is 0 Å². The van der Waals surface area contributed by atoms with E-state index in [1.54, 1.807) is 21.3 Å². The molecule has 1 aliphatic carbocycles. The number of hydrogen-bond donors (Lipinski definition) is 1. The quantitative estimate of drug-likeness (QED) is 0.408. The smallest absolute Gasteiger partial charge is 0.332 e. The highest BCUT2D eigenvalue weighted by atomic mass is 16.5. The molecule has 1 N–H and O–H groups in total. The van der Waals surface area contributed by atoms with Gasteiger partial charge < -0.3 is 14.8 Å². The molecule has 0 bridgehead atoms. The second-order valence-electron chi connectivity index (χ2n) is 9.25. The number of nitrogens with one attached hydrogen (secondary N) is 1. The second-order valence-corrected chi connectivity index (χ2v) is 9.25. The summed E-state index contributed by atoms with van der Waals surface area (Å²) in [6.45, 7) is 0.593. The fraction of sp³-hybridized carbons (Fsp3) is 0.370. The zero-order chi connectivity index (χ0) is 25.2. The Bertz CT molecular complexity index is 1480. The Morgan fingerprint density at radius 1 is 0.861 bits per heavy atom. The Kier molecular flexibility index (Phi) is 6.54. The third-order valence-electron chi connectivity index (χ3n) is 6.92. The Labute approximate surface area is 208 Å².